The average molecular weight is 199 g/mol. The lowest BCUT2D eigenvalue weighted by Crippen LogP contribution is -2.48. The van der Waals surface area contributed by atoms with Gasteiger partial charge in [-0.25, -0.2) is 4.79 Å². The number of rotatable bonds is 3. The molecule has 0 atom stereocenters. The van der Waals surface area contributed by atoms with Crippen LogP contribution in [0.1, 0.15) is 13.8 Å². The normalized spacial score (nSPS) is 22.7. The summed E-state index contributed by atoms with van der Waals surface area (Å²) in [6, 6.07) is 0. The lowest BCUT2D eigenvalue weighted by molar-refractivity contribution is -0.131. The first-order valence-electron chi connectivity index (χ1n) is 4.75. The topological polar surface area (TPSA) is 49.8 Å². The summed E-state index contributed by atoms with van der Waals surface area (Å²) < 4.78 is 5.54. The predicted molar refractivity (Wildman–Crippen MR) is 53.2 cm³/mol. The molecule has 4 nitrogen and oxygen atoms in total. The van der Waals surface area contributed by atoms with Crippen molar-refractivity contribution in [3.8, 4) is 0 Å². The Morgan fingerprint density at radius 3 is 2.93 bits per heavy atom. The first-order valence-corrected chi connectivity index (χ1v) is 4.75. The zero-order valence-electron chi connectivity index (χ0n) is 8.69. The number of morpholine rings is 1. The summed E-state index contributed by atoms with van der Waals surface area (Å²) in [6.45, 7) is 7.19. The number of hydrogen-bond acceptors (Lipinski definition) is 3. The van der Waals surface area contributed by atoms with Gasteiger partial charge in [0, 0.05) is 25.7 Å². The zero-order valence-corrected chi connectivity index (χ0v) is 8.69. The van der Waals surface area contributed by atoms with Crippen molar-refractivity contribution in [1.29, 1.82) is 0 Å². The van der Waals surface area contributed by atoms with Crippen molar-refractivity contribution in [2.24, 2.45) is 0 Å². The zero-order chi connectivity index (χ0) is 10.6. The maximum absolute atomic E-state index is 10.2. The van der Waals surface area contributed by atoms with Gasteiger partial charge in [-0.3, -0.25) is 4.90 Å². The number of aliphatic carboxylic acids is 1. The van der Waals surface area contributed by atoms with E-state index in [2.05, 4.69) is 4.90 Å². The minimum absolute atomic E-state index is 0.116. The van der Waals surface area contributed by atoms with E-state index in [4.69, 9.17) is 9.84 Å². The van der Waals surface area contributed by atoms with E-state index in [1.165, 1.54) is 6.08 Å². The van der Waals surface area contributed by atoms with Crippen molar-refractivity contribution < 1.29 is 14.6 Å². The fraction of sp³-hybridized carbons (Fsp3) is 0.700. The molecule has 4 heteroatoms. The Hall–Kier alpha value is -0.870. The Labute approximate surface area is 84.2 Å². The third-order valence-corrected chi connectivity index (χ3v) is 2.13. The summed E-state index contributed by atoms with van der Waals surface area (Å²) in [5.41, 5.74) is -0.116. The summed E-state index contributed by atoms with van der Waals surface area (Å²) in [6.07, 6.45) is 2.85. The molecule has 1 heterocycles. The van der Waals surface area contributed by atoms with Gasteiger partial charge in [0.25, 0.3) is 0 Å². The van der Waals surface area contributed by atoms with Crippen LogP contribution in [0.5, 0.6) is 0 Å². The first kappa shape index (κ1) is 11.2. The molecule has 80 valence electrons. The van der Waals surface area contributed by atoms with Gasteiger partial charge in [0.15, 0.2) is 0 Å². The van der Waals surface area contributed by atoms with Gasteiger partial charge >= 0.3 is 5.97 Å². The van der Waals surface area contributed by atoms with Gasteiger partial charge in [0.2, 0.25) is 0 Å². The van der Waals surface area contributed by atoms with E-state index in [0.29, 0.717) is 13.2 Å². The van der Waals surface area contributed by atoms with E-state index in [-0.39, 0.29) is 5.60 Å². The second-order valence-corrected chi connectivity index (χ2v) is 4.08. The van der Waals surface area contributed by atoms with Gasteiger partial charge in [-0.2, -0.15) is 0 Å². The molecule has 0 unspecified atom stereocenters. The van der Waals surface area contributed by atoms with Crippen LogP contribution in [0.15, 0.2) is 12.2 Å². The molecule has 1 N–H and O–H groups in total. The van der Waals surface area contributed by atoms with Gasteiger partial charge in [-0.1, -0.05) is 6.08 Å². The van der Waals surface area contributed by atoms with Crippen LogP contribution in [0.4, 0.5) is 0 Å². The fourth-order valence-electron chi connectivity index (χ4n) is 1.57. The number of carboxylic acid groups (broad SMARTS) is 1. The highest BCUT2D eigenvalue weighted by atomic mass is 16.5. The quantitative estimate of drug-likeness (QED) is 0.681. The standard InChI is InChI=1S/C10H17NO3/c1-10(2)8-11(6-7-14-10)5-3-4-9(12)13/h3-4H,5-8H2,1-2H3,(H,12,13). The van der Waals surface area contributed by atoms with Crippen LogP contribution in [-0.4, -0.2) is 47.8 Å². The second-order valence-electron chi connectivity index (χ2n) is 4.08. The number of nitrogens with zero attached hydrogens (tertiary/aromatic N) is 1. The number of carboxylic acids is 1. The first-order chi connectivity index (χ1) is 6.49. The molecular formula is C10H17NO3. The number of hydrogen-bond donors (Lipinski definition) is 1. The second kappa shape index (κ2) is 4.57. The van der Waals surface area contributed by atoms with Gasteiger partial charge in [0.05, 0.1) is 12.2 Å². The number of ether oxygens (including phenoxy) is 1. The summed E-state index contributed by atoms with van der Waals surface area (Å²) in [5.74, 6) is -0.891. The Bertz CT molecular complexity index is 236. The molecule has 0 bridgehead atoms. The highest BCUT2D eigenvalue weighted by Gasteiger charge is 2.26. The SMILES string of the molecule is CC1(C)CN(CC=CC(=O)O)CCO1. The van der Waals surface area contributed by atoms with Crippen molar-refractivity contribution in [1.82, 2.24) is 4.90 Å². The smallest absolute Gasteiger partial charge is 0.328 e. The van der Waals surface area contributed by atoms with Crippen LogP contribution in [0.25, 0.3) is 0 Å². The maximum atomic E-state index is 10.2. The highest BCUT2D eigenvalue weighted by molar-refractivity contribution is 5.79. The average Bonchev–Trinajstić information content (AvgIpc) is 2.01. The van der Waals surface area contributed by atoms with E-state index < -0.39 is 5.97 Å². The maximum Gasteiger partial charge on any atom is 0.328 e. The van der Waals surface area contributed by atoms with Crippen molar-refractivity contribution in [2.45, 2.75) is 19.4 Å². The molecule has 0 amide bonds. The molecule has 1 aliphatic rings. The molecule has 0 aromatic rings. The van der Waals surface area contributed by atoms with E-state index in [9.17, 15) is 4.79 Å². The fourth-order valence-corrected chi connectivity index (χ4v) is 1.57. The molecule has 1 fully saturated rings. The Morgan fingerprint density at radius 2 is 2.36 bits per heavy atom. The molecule has 1 aliphatic heterocycles. The van der Waals surface area contributed by atoms with Gasteiger partial charge < -0.3 is 9.84 Å². The van der Waals surface area contributed by atoms with Gasteiger partial charge in [-0.15, -0.1) is 0 Å². The molecular weight excluding hydrogens is 182 g/mol. The van der Waals surface area contributed by atoms with Crippen LogP contribution in [0.2, 0.25) is 0 Å². The molecule has 14 heavy (non-hydrogen) atoms. The molecule has 0 aliphatic carbocycles. The molecule has 1 saturated heterocycles. The summed E-state index contributed by atoms with van der Waals surface area (Å²) in [4.78, 5) is 12.4. The van der Waals surface area contributed by atoms with E-state index in [0.717, 1.165) is 13.1 Å². The van der Waals surface area contributed by atoms with E-state index in [1.807, 2.05) is 13.8 Å². The molecule has 0 aromatic heterocycles. The molecule has 0 saturated carbocycles. The van der Waals surface area contributed by atoms with Crippen molar-refractivity contribution in [2.75, 3.05) is 26.2 Å². The Kier molecular flexibility index (Phi) is 3.66. The molecule has 1 rings (SSSR count). The predicted octanol–water partition coefficient (Wildman–Crippen LogP) is 0.738. The van der Waals surface area contributed by atoms with E-state index in [1.54, 1.807) is 6.08 Å². The van der Waals surface area contributed by atoms with Crippen LogP contribution in [-0.2, 0) is 9.53 Å². The van der Waals surface area contributed by atoms with Crippen LogP contribution >= 0.6 is 0 Å². The third-order valence-electron chi connectivity index (χ3n) is 2.13. The highest BCUT2D eigenvalue weighted by Crippen LogP contribution is 2.15. The van der Waals surface area contributed by atoms with Crippen LogP contribution in [0, 0.1) is 0 Å². The minimum atomic E-state index is -0.891. The molecule has 0 aromatic carbocycles. The summed E-state index contributed by atoms with van der Waals surface area (Å²) >= 11 is 0. The number of carbonyl (C=O) groups is 1. The van der Waals surface area contributed by atoms with Crippen molar-refractivity contribution >= 4 is 5.97 Å². The Morgan fingerprint density at radius 1 is 1.64 bits per heavy atom. The Balaban J connectivity index is 2.35. The monoisotopic (exact) mass is 199 g/mol. The lowest BCUT2D eigenvalue weighted by atomic mass is 10.1. The third kappa shape index (κ3) is 3.89. The van der Waals surface area contributed by atoms with E-state index >= 15 is 0 Å². The largest absolute Gasteiger partial charge is 0.478 e. The summed E-state index contributed by atoms with van der Waals surface area (Å²) in [7, 11) is 0. The summed E-state index contributed by atoms with van der Waals surface area (Å²) in [5, 5.41) is 8.42. The van der Waals surface area contributed by atoms with Gasteiger partial charge in [0.1, 0.15) is 0 Å². The van der Waals surface area contributed by atoms with Crippen LogP contribution in [0.3, 0.4) is 0 Å². The van der Waals surface area contributed by atoms with Crippen molar-refractivity contribution in [3.05, 3.63) is 12.2 Å². The van der Waals surface area contributed by atoms with Crippen LogP contribution < -0.4 is 0 Å². The van der Waals surface area contributed by atoms with Crippen molar-refractivity contribution in [3.63, 3.8) is 0 Å². The van der Waals surface area contributed by atoms with Gasteiger partial charge in [-0.05, 0) is 13.8 Å². The molecule has 0 radical (unpaired) electrons. The minimum Gasteiger partial charge on any atom is -0.478 e. The molecule has 0 spiro atoms. The lowest BCUT2D eigenvalue weighted by Gasteiger charge is -2.37.